The van der Waals surface area contributed by atoms with Crippen LogP contribution in [0.3, 0.4) is 0 Å². The van der Waals surface area contributed by atoms with E-state index in [2.05, 4.69) is 30.4 Å². The Morgan fingerprint density at radius 3 is 2.33 bits per heavy atom. The third-order valence-electron chi connectivity index (χ3n) is 8.36. The van der Waals surface area contributed by atoms with Gasteiger partial charge in [0.25, 0.3) is 0 Å². The topological polar surface area (TPSA) is 102 Å². The summed E-state index contributed by atoms with van der Waals surface area (Å²) in [4.78, 5) is 9.03. The van der Waals surface area contributed by atoms with Gasteiger partial charge in [-0.05, 0) is 74.5 Å². The number of hydrogen-bond acceptors (Lipinski definition) is 7. The second-order valence-corrected chi connectivity index (χ2v) is 13.5. The average molecular weight is 510 g/mol. The molecule has 4 atom stereocenters. The summed E-state index contributed by atoms with van der Waals surface area (Å²) in [5.74, 6) is 1.91. The van der Waals surface area contributed by atoms with Crippen LogP contribution in [-0.2, 0) is 14.6 Å². The van der Waals surface area contributed by atoms with E-state index < -0.39 is 9.84 Å². The van der Waals surface area contributed by atoms with Gasteiger partial charge in [0.05, 0.1) is 4.90 Å². The Hall–Kier alpha value is -2.74. The molecule has 1 aromatic carbocycles. The summed E-state index contributed by atoms with van der Waals surface area (Å²) in [5.41, 5.74) is 1.49. The minimum absolute atomic E-state index is 0.00329. The van der Waals surface area contributed by atoms with Gasteiger partial charge in [-0.3, -0.25) is 5.41 Å². The molecule has 2 aromatic rings. The molecule has 3 saturated carbocycles. The molecule has 5 rings (SSSR count). The van der Waals surface area contributed by atoms with Gasteiger partial charge in [0, 0.05) is 36.0 Å². The molecule has 1 aromatic heterocycles. The zero-order chi connectivity index (χ0) is 25.7. The Balaban J connectivity index is 1.24. The van der Waals surface area contributed by atoms with Gasteiger partial charge in [-0.1, -0.05) is 32.1 Å². The van der Waals surface area contributed by atoms with E-state index in [9.17, 15) is 8.42 Å². The first kappa shape index (κ1) is 24.9. The van der Waals surface area contributed by atoms with E-state index in [-0.39, 0.29) is 33.8 Å². The molecule has 192 valence electrons. The summed E-state index contributed by atoms with van der Waals surface area (Å²) in [7, 11) is -3.24. The maximum Gasteiger partial charge on any atom is 0.321 e. The average Bonchev–Trinajstić information content (AvgIpc) is 3.54. The molecule has 7 nitrogen and oxygen atoms in total. The summed E-state index contributed by atoms with van der Waals surface area (Å²) in [6.07, 6.45) is 11.9. The highest BCUT2D eigenvalue weighted by Crippen LogP contribution is 2.57. The van der Waals surface area contributed by atoms with E-state index in [4.69, 9.17) is 14.9 Å². The predicted molar refractivity (Wildman–Crippen MR) is 138 cm³/mol. The molecule has 1 N–H and O–H groups in total. The number of nitrogens with one attached hydrogen (secondary N) is 1. The van der Waals surface area contributed by atoms with Crippen molar-refractivity contribution in [1.82, 2.24) is 9.97 Å². The van der Waals surface area contributed by atoms with Crippen molar-refractivity contribution >= 4 is 15.7 Å². The fourth-order valence-electron chi connectivity index (χ4n) is 6.15. The Bertz CT molecular complexity index is 1270. The molecule has 8 heteroatoms. The zero-order valence-corrected chi connectivity index (χ0v) is 22.1. The van der Waals surface area contributed by atoms with Gasteiger partial charge in [-0.15, -0.1) is 0 Å². The van der Waals surface area contributed by atoms with Crippen molar-refractivity contribution in [2.45, 2.75) is 69.3 Å². The maximum absolute atomic E-state index is 11.7. The van der Waals surface area contributed by atoms with Crippen molar-refractivity contribution in [2.75, 3.05) is 6.26 Å². The lowest BCUT2D eigenvalue weighted by molar-refractivity contribution is -0.00303. The zero-order valence-electron chi connectivity index (χ0n) is 21.3. The molecule has 1 heterocycles. The van der Waals surface area contributed by atoms with Gasteiger partial charge in [-0.2, -0.15) is 0 Å². The third kappa shape index (κ3) is 5.05. The van der Waals surface area contributed by atoms with Crippen molar-refractivity contribution in [3.63, 3.8) is 0 Å². The lowest BCUT2D eigenvalue weighted by Crippen LogP contribution is -2.49. The van der Waals surface area contributed by atoms with Gasteiger partial charge in [0.1, 0.15) is 11.4 Å². The van der Waals surface area contributed by atoms with Gasteiger partial charge in [0.2, 0.25) is 0 Å². The number of benzene rings is 1. The maximum atomic E-state index is 11.7. The monoisotopic (exact) mass is 509 g/mol. The van der Waals surface area contributed by atoms with E-state index in [0.29, 0.717) is 17.6 Å². The van der Waals surface area contributed by atoms with Crippen LogP contribution in [0.4, 0.5) is 0 Å². The Morgan fingerprint density at radius 1 is 1.08 bits per heavy atom. The number of hydrogen-bond donors (Lipinski definition) is 1. The van der Waals surface area contributed by atoms with Crippen LogP contribution in [-0.4, -0.2) is 36.1 Å². The fraction of sp³-hybridized carbons (Fsp3) is 0.536. The van der Waals surface area contributed by atoms with E-state index in [0.717, 1.165) is 49.7 Å². The second-order valence-electron chi connectivity index (χ2n) is 11.5. The van der Waals surface area contributed by atoms with Crippen molar-refractivity contribution in [1.29, 1.82) is 5.41 Å². The van der Waals surface area contributed by atoms with Gasteiger partial charge >= 0.3 is 6.01 Å². The lowest BCUT2D eigenvalue weighted by atomic mass is 9.53. The van der Waals surface area contributed by atoms with E-state index in [1.54, 1.807) is 36.7 Å². The first-order valence-corrected chi connectivity index (χ1v) is 14.6. The number of nitrogens with zero attached hydrogens (tertiary/aromatic N) is 2. The number of aromatic nitrogens is 2. The van der Waals surface area contributed by atoms with Crippen LogP contribution in [0, 0.1) is 28.6 Å². The molecule has 36 heavy (non-hydrogen) atoms. The number of rotatable bonds is 7. The third-order valence-corrected chi connectivity index (χ3v) is 9.49. The number of ether oxygens (including phenoxy) is 2. The van der Waals surface area contributed by atoms with E-state index >= 15 is 0 Å². The minimum Gasteiger partial charge on any atom is -0.475 e. The first-order chi connectivity index (χ1) is 17.0. The molecule has 2 bridgehead atoms. The molecular formula is C28H35N3O4S. The minimum atomic E-state index is -3.24. The molecule has 0 amide bonds. The van der Waals surface area contributed by atoms with Crippen LogP contribution in [0.15, 0.2) is 53.9 Å². The van der Waals surface area contributed by atoms with Crippen molar-refractivity contribution in [2.24, 2.45) is 23.2 Å². The Morgan fingerprint density at radius 2 is 1.75 bits per heavy atom. The molecule has 0 aliphatic heterocycles. The van der Waals surface area contributed by atoms with Gasteiger partial charge < -0.3 is 9.47 Å². The molecule has 0 radical (unpaired) electrons. The van der Waals surface area contributed by atoms with Crippen molar-refractivity contribution in [3.05, 3.63) is 49.0 Å². The predicted octanol–water partition coefficient (Wildman–Crippen LogP) is 5.82. The molecule has 0 saturated heterocycles. The fourth-order valence-corrected chi connectivity index (χ4v) is 6.78. The Labute approximate surface area is 213 Å². The molecule has 4 unspecified atom stereocenters. The Kier molecular flexibility index (Phi) is 6.22. The normalized spacial score (nSPS) is 28.7. The largest absolute Gasteiger partial charge is 0.475 e. The van der Waals surface area contributed by atoms with Crippen LogP contribution < -0.4 is 4.74 Å². The SMILES string of the molecule is C=C(Oc1ncc(-c2ccc(S(C)(=O)=O)cc2)cn1)C1CC2CCCC(C)(C1)C2C(=N)OC1(C)CC1. The van der Waals surface area contributed by atoms with Gasteiger partial charge in [-0.25, -0.2) is 18.4 Å². The number of fused-ring (bicyclic) bond motifs is 2. The van der Waals surface area contributed by atoms with Crippen LogP contribution >= 0.6 is 0 Å². The molecule has 3 aliphatic rings. The van der Waals surface area contributed by atoms with Gasteiger partial charge in [0.15, 0.2) is 15.7 Å². The lowest BCUT2D eigenvalue weighted by Gasteiger charge is -2.52. The quantitative estimate of drug-likeness (QED) is 0.287. The summed E-state index contributed by atoms with van der Waals surface area (Å²) in [5, 5.41) is 8.76. The van der Waals surface area contributed by atoms with Crippen molar-refractivity contribution < 1.29 is 17.9 Å². The highest BCUT2D eigenvalue weighted by molar-refractivity contribution is 7.90. The summed E-state index contributed by atoms with van der Waals surface area (Å²) >= 11 is 0. The summed E-state index contributed by atoms with van der Waals surface area (Å²) < 4.78 is 35.5. The van der Waals surface area contributed by atoms with Crippen LogP contribution in [0.5, 0.6) is 6.01 Å². The second kappa shape index (κ2) is 8.98. The first-order valence-electron chi connectivity index (χ1n) is 12.7. The van der Waals surface area contributed by atoms with E-state index in [1.807, 2.05) is 0 Å². The van der Waals surface area contributed by atoms with Crippen LogP contribution in [0.2, 0.25) is 0 Å². The standard InChI is InChI=1S/C28H35N3O4S/c1-18(34-26-30-16-22(17-31-26)19-7-9-23(10-8-19)36(4,32)33)21-14-20-6-5-11-27(2,15-21)24(20)25(29)35-28(3)12-13-28/h7-10,16-17,20-21,24,29H,1,5-6,11-15H2,2-4H3. The highest BCUT2D eigenvalue weighted by Gasteiger charge is 2.53. The number of allylic oxidation sites excluding steroid dienone is 1. The summed E-state index contributed by atoms with van der Waals surface area (Å²) in [6.45, 7) is 8.65. The molecular weight excluding hydrogens is 474 g/mol. The molecule has 3 fully saturated rings. The molecule has 3 aliphatic carbocycles. The van der Waals surface area contributed by atoms with Crippen LogP contribution in [0.25, 0.3) is 11.1 Å². The molecule has 0 spiro atoms. The number of sulfone groups is 1. The summed E-state index contributed by atoms with van der Waals surface area (Å²) in [6, 6.07) is 6.92. The van der Waals surface area contributed by atoms with Crippen molar-refractivity contribution in [3.8, 4) is 17.1 Å². The van der Waals surface area contributed by atoms with Crippen LogP contribution in [0.1, 0.15) is 58.8 Å². The highest BCUT2D eigenvalue weighted by atomic mass is 32.2. The smallest absolute Gasteiger partial charge is 0.321 e. The van der Waals surface area contributed by atoms with E-state index in [1.165, 1.54) is 12.7 Å².